The molecule has 0 saturated carbocycles. The number of carbonyl (C=O) groups is 3. The molecule has 0 aromatic heterocycles. The number of nitrogens with zero attached hydrogens (tertiary/aromatic N) is 2. The SMILES string of the molecule is CCCCCCCCCCCCCCNC(=O)CCN(C)CCCN(CCC(=O)NCCCCCCCCCCCCCC)CCC(=O)NCCCCCCCCCCCCCC. The van der Waals surface area contributed by atoms with Gasteiger partial charge in [0.05, 0.1) is 0 Å². The molecule has 0 aliphatic carbocycles. The molecule has 374 valence electrons. The van der Waals surface area contributed by atoms with Crippen molar-refractivity contribution < 1.29 is 14.4 Å². The first-order valence-corrected chi connectivity index (χ1v) is 28.1. The second kappa shape index (κ2) is 51.3. The quantitative estimate of drug-likeness (QED) is 0.0529. The van der Waals surface area contributed by atoms with Crippen molar-refractivity contribution in [1.82, 2.24) is 25.8 Å². The lowest BCUT2D eigenvalue weighted by molar-refractivity contribution is -0.122. The van der Waals surface area contributed by atoms with Gasteiger partial charge >= 0.3 is 0 Å². The van der Waals surface area contributed by atoms with Gasteiger partial charge in [0, 0.05) is 58.5 Å². The largest absolute Gasteiger partial charge is 0.356 e. The first kappa shape index (κ1) is 61.3. The van der Waals surface area contributed by atoms with Crippen molar-refractivity contribution in [3.8, 4) is 0 Å². The standard InChI is InChI=1S/C55H111N5O3/c1-5-8-11-14-17-20-23-26-29-32-35-38-45-56-53(61)42-50-59(4)48-41-49-60(51-43-54(62)57-46-39-36-33-30-27-24-21-18-15-12-9-6-2)52-44-55(63)58-47-40-37-34-31-28-25-22-19-16-13-10-7-3/h5-52H2,1-4H3,(H,56,61)(H,57,62)(H,58,63). The van der Waals surface area contributed by atoms with Crippen molar-refractivity contribution in [1.29, 1.82) is 0 Å². The monoisotopic (exact) mass is 890 g/mol. The Kier molecular flexibility index (Phi) is 50.0. The van der Waals surface area contributed by atoms with Crippen LogP contribution in [0.25, 0.3) is 0 Å². The van der Waals surface area contributed by atoms with Gasteiger partial charge in [0.2, 0.25) is 17.7 Å². The van der Waals surface area contributed by atoms with E-state index in [4.69, 9.17) is 0 Å². The van der Waals surface area contributed by atoms with Gasteiger partial charge in [-0.25, -0.2) is 0 Å². The average molecular weight is 891 g/mol. The van der Waals surface area contributed by atoms with Crippen LogP contribution >= 0.6 is 0 Å². The molecule has 0 saturated heterocycles. The molecule has 63 heavy (non-hydrogen) atoms. The van der Waals surface area contributed by atoms with Gasteiger partial charge in [-0.2, -0.15) is 0 Å². The molecule has 8 nitrogen and oxygen atoms in total. The first-order valence-electron chi connectivity index (χ1n) is 28.1. The van der Waals surface area contributed by atoms with Gasteiger partial charge in [-0.3, -0.25) is 14.4 Å². The minimum Gasteiger partial charge on any atom is -0.356 e. The van der Waals surface area contributed by atoms with Crippen molar-refractivity contribution in [2.24, 2.45) is 0 Å². The van der Waals surface area contributed by atoms with Crippen LogP contribution in [-0.2, 0) is 14.4 Å². The molecule has 0 fully saturated rings. The molecule has 0 radical (unpaired) electrons. The lowest BCUT2D eigenvalue weighted by atomic mass is 10.1. The van der Waals surface area contributed by atoms with Gasteiger partial charge in [0.25, 0.3) is 0 Å². The fraction of sp³-hybridized carbons (Fsp3) is 0.945. The molecule has 0 aromatic rings. The summed E-state index contributed by atoms with van der Waals surface area (Å²) in [6.45, 7) is 12.9. The smallest absolute Gasteiger partial charge is 0.221 e. The minimum atomic E-state index is 0.117. The number of nitrogens with one attached hydrogen (secondary N) is 3. The number of carbonyl (C=O) groups excluding carboxylic acids is 3. The summed E-state index contributed by atoms with van der Waals surface area (Å²) >= 11 is 0. The van der Waals surface area contributed by atoms with Crippen molar-refractivity contribution in [3.05, 3.63) is 0 Å². The molecule has 0 aromatic carbocycles. The van der Waals surface area contributed by atoms with Crippen LogP contribution in [-0.4, -0.2) is 86.9 Å². The maximum absolute atomic E-state index is 12.8. The second-order valence-electron chi connectivity index (χ2n) is 19.5. The lowest BCUT2D eigenvalue weighted by Crippen LogP contribution is -2.36. The molecule has 0 aliphatic rings. The van der Waals surface area contributed by atoms with Crippen LogP contribution < -0.4 is 16.0 Å². The summed E-state index contributed by atoms with van der Waals surface area (Å²) in [6, 6.07) is 0. The topological polar surface area (TPSA) is 93.8 Å². The Morgan fingerprint density at radius 2 is 0.524 bits per heavy atom. The first-order chi connectivity index (χ1) is 30.9. The third-order valence-corrected chi connectivity index (χ3v) is 13.1. The molecule has 0 atom stereocenters. The minimum absolute atomic E-state index is 0.117. The fourth-order valence-corrected chi connectivity index (χ4v) is 8.67. The summed E-state index contributed by atoms with van der Waals surface area (Å²) < 4.78 is 0. The fourth-order valence-electron chi connectivity index (χ4n) is 8.67. The molecule has 3 amide bonds. The summed E-state index contributed by atoms with van der Waals surface area (Å²) in [4.78, 5) is 42.7. The highest BCUT2D eigenvalue weighted by atomic mass is 16.2. The highest BCUT2D eigenvalue weighted by Crippen LogP contribution is 2.14. The maximum Gasteiger partial charge on any atom is 0.221 e. The van der Waals surface area contributed by atoms with Crippen LogP contribution in [0.1, 0.15) is 278 Å². The van der Waals surface area contributed by atoms with E-state index in [1.807, 2.05) is 0 Å². The van der Waals surface area contributed by atoms with E-state index in [1.165, 1.54) is 212 Å². The summed E-state index contributed by atoms with van der Waals surface area (Å²) in [5.41, 5.74) is 0. The van der Waals surface area contributed by atoms with Crippen LogP contribution in [0.15, 0.2) is 0 Å². The van der Waals surface area contributed by atoms with Gasteiger partial charge in [-0.1, -0.05) is 233 Å². The number of unbranched alkanes of at least 4 members (excludes halogenated alkanes) is 33. The van der Waals surface area contributed by atoms with E-state index < -0.39 is 0 Å². The molecule has 0 aliphatic heterocycles. The summed E-state index contributed by atoms with van der Waals surface area (Å²) in [5.74, 6) is 0.382. The van der Waals surface area contributed by atoms with E-state index >= 15 is 0 Å². The number of hydrogen-bond donors (Lipinski definition) is 3. The molecule has 0 heterocycles. The zero-order valence-corrected chi connectivity index (χ0v) is 43.1. The van der Waals surface area contributed by atoms with E-state index in [0.717, 1.165) is 65.0 Å². The molecular weight excluding hydrogens is 779 g/mol. The summed E-state index contributed by atoms with van der Waals surface area (Å²) in [6.07, 6.45) is 49.9. The highest BCUT2D eigenvalue weighted by Gasteiger charge is 2.12. The Balaban J connectivity index is 4.36. The van der Waals surface area contributed by atoms with E-state index in [2.05, 4.69) is 53.6 Å². The van der Waals surface area contributed by atoms with Crippen LogP contribution in [0.2, 0.25) is 0 Å². The molecule has 0 rings (SSSR count). The highest BCUT2D eigenvalue weighted by molar-refractivity contribution is 5.77. The number of rotatable bonds is 52. The van der Waals surface area contributed by atoms with E-state index in [1.54, 1.807) is 0 Å². The van der Waals surface area contributed by atoms with Gasteiger partial charge in [0.1, 0.15) is 0 Å². The van der Waals surface area contributed by atoms with Gasteiger partial charge < -0.3 is 25.8 Å². The van der Waals surface area contributed by atoms with Crippen molar-refractivity contribution in [3.63, 3.8) is 0 Å². The zero-order valence-electron chi connectivity index (χ0n) is 43.1. The van der Waals surface area contributed by atoms with Gasteiger partial charge in [-0.05, 0) is 45.8 Å². The van der Waals surface area contributed by atoms with E-state index in [0.29, 0.717) is 32.4 Å². The Hall–Kier alpha value is -1.67. The summed E-state index contributed by atoms with van der Waals surface area (Å²) in [7, 11) is 2.09. The molecule has 0 bridgehead atoms. The van der Waals surface area contributed by atoms with Crippen molar-refractivity contribution in [2.75, 3.05) is 59.4 Å². The van der Waals surface area contributed by atoms with Gasteiger partial charge in [-0.15, -0.1) is 0 Å². The normalized spacial score (nSPS) is 11.5. The molecular formula is C55H111N5O3. The maximum atomic E-state index is 12.8. The van der Waals surface area contributed by atoms with E-state index in [-0.39, 0.29) is 17.7 Å². The Morgan fingerprint density at radius 1 is 0.286 bits per heavy atom. The predicted molar refractivity (Wildman–Crippen MR) is 275 cm³/mol. The second-order valence-corrected chi connectivity index (χ2v) is 19.5. The average Bonchev–Trinajstić information content (AvgIpc) is 3.28. The Labute approximate surface area is 393 Å². The molecule has 8 heteroatoms. The predicted octanol–water partition coefficient (Wildman–Crippen LogP) is 14.2. The van der Waals surface area contributed by atoms with E-state index in [9.17, 15) is 14.4 Å². The Bertz CT molecular complexity index is 919. The zero-order chi connectivity index (χ0) is 45.9. The Morgan fingerprint density at radius 3 is 0.794 bits per heavy atom. The van der Waals surface area contributed by atoms with Crippen molar-refractivity contribution >= 4 is 17.7 Å². The molecule has 3 N–H and O–H groups in total. The van der Waals surface area contributed by atoms with Crippen LogP contribution in [0.5, 0.6) is 0 Å². The van der Waals surface area contributed by atoms with Crippen LogP contribution in [0, 0.1) is 0 Å². The van der Waals surface area contributed by atoms with Crippen molar-refractivity contribution in [2.45, 2.75) is 278 Å². The lowest BCUT2D eigenvalue weighted by Gasteiger charge is -2.24. The third-order valence-electron chi connectivity index (χ3n) is 13.1. The molecule has 0 unspecified atom stereocenters. The molecule has 0 spiro atoms. The van der Waals surface area contributed by atoms with Crippen LogP contribution in [0.4, 0.5) is 0 Å². The summed E-state index contributed by atoms with van der Waals surface area (Å²) in [5, 5.41) is 9.45. The van der Waals surface area contributed by atoms with Gasteiger partial charge in [0.15, 0.2) is 0 Å². The number of amides is 3. The number of hydrogen-bond acceptors (Lipinski definition) is 5. The van der Waals surface area contributed by atoms with Crippen LogP contribution in [0.3, 0.4) is 0 Å². The third kappa shape index (κ3) is 49.6.